The fourth-order valence-electron chi connectivity index (χ4n) is 1.68. The minimum atomic E-state index is 0.243. The van der Waals surface area contributed by atoms with E-state index in [9.17, 15) is 0 Å². The summed E-state index contributed by atoms with van der Waals surface area (Å²) in [5.74, 6) is 0. The lowest BCUT2D eigenvalue weighted by Crippen LogP contribution is -2.19. The molecule has 0 spiro atoms. The van der Waals surface area contributed by atoms with Gasteiger partial charge in [0.25, 0.3) is 0 Å². The number of thiazole rings is 1. The number of rotatable bonds is 4. The molecular formula is C12H12BrClN2S. The Hall–Kier alpha value is -0.420. The zero-order valence-corrected chi connectivity index (χ0v) is 12.4. The summed E-state index contributed by atoms with van der Waals surface area (Å²) >= 11 is 11.2. The monoisotopic (exact) mass is 330 g/mol. The predicted molar refractivity (Wildman–Crippen MR) is 76.8 cm³/mol. The van der Waals surface area contributed by atoms with Gasteiger partial charge in [-0.25, -0.2) is 4.98 Å². The maximum atomic E-state index is 5.95. The van der Waals surface area contributed by atoms with Gasteiger partial charge in [-0.3, -0.25) is 0 Å². The topological polar surface area (TPSA) is 24.9 Å². The maximum absolute atomic E-state index is 5.95. The first-order valence-electron chi connectivity index (χ1n) is 5.21. The third-order valence-corrected chi connectivity index (χ3v) is 4.27. The van der Waals surface area contributed by atoms with Crippen LogP contribution in [0.1, 0.15) is 16.6 Å². The van der Waals surface area contributed by atoms with Gasteiger partial charge in [0, 0.05) is 33.5 Å². The molecule has 0 saturated heterocycles. The fourth-order valence-corrected chi connectivity index (χ4v) is 3.30. The SMILES string of the molecule is CNC(Cc1nccs1)c1ccc(Cl)cc1Br. The lowest BCUT2D eigenvalue weighted by Gasteiger charge is -2.17. The van der Waals surface area contributed by atoms with Crippen LogP contribution in [0, 0.1) is 0 Å². The fraction of sp³-hybridized carbons (Fsp3) is 0.250. The molecule has 2 rings (SSSR count). The molecule has 1 unspecified atom stereocenters. The van der Waals surface area contributed by atoms with E-state index in [0.29, 0.717) is 0 Å². The van der Waals surface area contributed by atoms with Gasteiger partial charge in [-0.15, -0.1) is 11.3 Å². The summed E-state index contributed by atoms with van der Waals surface area (Å²) in [7, 11) is 1.96. The largest absolute Gasteiger partial charge is 0.313 e. The van der Waals surface area contributed by atoms with Crippen molar-refractivity contribution in [1.29, 1.82) is 0 Å². The molecule has 0 amide bonds. The summed E-state index contributed by atoms with van der Waals surface area (Å²) in [4.78, 5) is 4.31. The van der Waals surface area contributed by atoms with Gasteiger partial charge in [0.2, 0.25) is 0 Å². The summed E-state index contributed by atoms with van der Waals surface area (Å²) in [5, 5.41) is 7.18. The predicted octanol–water partition coefficient (Wildman–Crippen LogP) is 4.06. The molecule has 2 nitrogen and oxygen atoms in total. The van der Waals surface area contributed by atoms with E-state index in [1.807, 2.05) is 36.8 Å². The number of hydrogen-bond acceptors (Lipinski definition) is 3. The molecule has 1 aromatic carbocycles. The molecular weight excluding hydrogens is 320 g/mol. The summed E-state index contributed by atoms with van der Waals surface area (Å²) in [5.41, 5.74) is 1.20. The zero-order valence-electron chi connectivity index (χ0n) is 9.28. The number of nitrogens with one attached hydrogen (secondary N) is 1. The molecule has 0 aliphatic carbocycles. The number of hydrogen-bond donors (Lipinski definition) is 1. The molecule has 2 aromatic rings. The highest BCUT2D eigenvalue weighted by atomic mass is 79.9. The first-order valence-corrected chi connectivity index (χ1v) is 7.26. The van der Waals surface area contributed by atoms with Gasteiger partial charge in [0.05, 0.1) is 5.01 Å². The minimum Gasteiger partial charge on any atom is -0.313 e. The van der Waals surface area contributed by atoms with Gasteiger partial charge < -0.3 is 5.32 Å². The van der Waals surface area contributed by atoms with Crippen LogP contribution in [-0.2, 0) is 6.42 Å². The summed E-state index contributed by atoms with van der Waals surface area (Å²) < 4.78 is 1.03. The summed E-state index contributed by atoms with van der Waals surface area (Å²) in [6.45, 7) is 0. The summed E-state index contributed by atoms with van der Waals surface area (Å²) in [6.07, 6.45) is 2.72. The molecule has 1 heterocycles. The van der Waals surface area contributed by atoms with Gasteiger partial charge >= 0.3 is 0 Å². The Balaban J connectivity index is 2.23. The van der Waals surface area contributed by atoms with Crippen molar-refractivity contribution in [2.75, 3.05) is 7.05 Å². The van der Waals surface area contributed by atoms with Crippen molar-refractivity contribution in [2.45, 2.75) is 12.5 Å². The van der Waals surface area contributed by atoms with Crippen LogP contribution in [0.3, 0.4) is 0 Å². The van der Waals surface area contributed by atoms with Crippen molar-refractivity contribution < 1.29 is 0 Å². The van der Waals surface area contributed by atoms with Crippen molar-refractivity contribution in [3.63, 3.8) is 0 Å². The van der Waals surface area contributed by atoms with Crippen LogP contribution in [0.5, 0.6) is 0 Å². The molecule has 0 bridgehead atoms. The number of nitrogens with zero attached hydrogens (tertiary/aromatic N) is 1. The Labute approximate surface area is 118 Å². The Morgan fingerprint density at radius 2 is 2.35 bits per heavy atom. The van der Waals surface area contributed by atoms with Crippen LogP contribution in [-0.4, -0.2) is 12.0 Å². The van der Waals surface area contributed by atoms with Gasteiger partial charge in [-0.05, 0) is 24.7 Å². The number of aromatic nitrogens is 1. The van der Waals surface area contributed by atoms with Crippen molar-refractivity contribution >= 4 is 38.9 Å². The lowest BCUT2D eigenvalue weighted by molar-refractivity contribution is 0.588. The number of likely N-dealkylation sites (N-methyl/N-ethyl adjacent to an activating group) is 1. The molecule has 0 saturated carbocycles. The van der Waals surface area contributed by atoms with Crippen molar-refractivity contribution in [1.82, 2.24) is 10.3 Å². The molecule has 0 aliphatic heterocycles. The zero-order chi connectivity index (χ0) is 12.3. The second kappa shape index (κ2) is 5.96. The molecule has 0 aliphatic rings. The van der Waals surface area contributed by atoms with E-state index >= 15 is 0 Å². The molecule has 1 atom stereocenters. The van der Waals surface area contributed by atoms with Gasteiger partial charge in [-0.2, -0.15) is 0 Å². The van der Waals surface area contributed by atoms with Crippen LogP contribution in [0.4, 0.5) is 0 Å². The lowest BCUT2D eigenvalue weighted by atomic mass is 10.0. The molecule has 5 heteroatoms. The molecule has 17 heavy (non-hydrogen) atoms. The van der Waals surface area contributed by atoms with Gasteiger partial charge in [-0.1, -0.05) is 33.6 Å². The third-order valence-electron chi connectivity index (χ3n) is 2.55. The molecule has 90 valence electrons. The van der Waals surface area contributed by atoms with Crippen LogP contribution in [0.2, 0.25) is 5.02 Å². The molecule has 1 N–H and O–H groups in total. The van der Waals surface area contributed by atoms with E-state index in [4.69, 9.17) is 11.6 Å². The van der Waals surface area contributed by atoms with E-state index in [0.717, 1.165) is 20.9 Å². The third kappa shape index (κ3) is 3.28. The van der Waals surface area contributed by atoms with Crippen LogP contribution in [0.25, 0.3) is 0 Å². The quantitative estimate of drug-likeness (QED) is 0.914. The van der Waals surface area contributed by atoms with Crippen molar-refractivity contribution in [3.8, 4) is 0 Å². The number of halogens is 2. The van der Waals surface area contributed by atoms with Gasteiger partial charge in [0.1, 0.15) is 0 Å². The normalized spacial score (nSPS) is 12.6. The van der Waals surface area contributed by atoms with Crippen LogP contribution >= 0.6 is 38.9 Å². The Bertz CT molecular complexity index is 487. The highest BCUT2D eigenvalue weighted by Gasteiger charge is 2.14. The molecule has 0 radical (unpaired) electrons. The summed E-state index contributed by atoms with van der Waals surface area (Å²) in [6, 6.07) is 6.12. The van der Waals surface area contributed by atoms with Gasteiger partial charge in [0.15, 0.2) is 0 Å². The smallest absolute Gasteiger partial charge is 0.0943 e. The van der Waals surface area contributed by atoms with E-state index < -0.39 is 0 Å². The van der Waals surface area contributed by atoms with Crippen molar-refractivity contribution in [3.05, 3.63) is 49.8 Å². The standard InChI is InChI=1S/C12H12BrClN2S/c1-15-11(7-12-16-4-5-17-12)9-3-2-8(14)6-10(9)13/h2-6,11,15H,7H2,1H3. The molecule has 1 aromatic heterocycles. The Morgan fingerprint density at radius 3 is 2.94 bits per heavy atom. The van der Waals surface area contributed by atoms with Crippen molar-refractivity contribution in [2.24, 2.45) is 0 Å². The second-order valence-corrected chi connectivity index (χ2v) is 5.91. The Kier molecular flexibility index (Phi) is 4.56. The molecule has 0 fully saturated rings. The number of benzene rings is 1. The average molecular weight is 332 g/mol. The van der Waals surface area contributed by atoms with E-state index in [-0.39, 0.29) is 6.04 Å². The second-order valence-electron chi connectivity index (χ2n) is 3.64. The first-order chi connectivity index (χ1) is 8.20. The average Bonchev–Trinajstić information content (AvgIpc) is 2.79. The van der Waals surface area contributed by atoms with E-state index in [2.05, 4.69) is 26.2 Å². The highest BCUT2D eigenvalue weighted by molar-refractivity contribution is 9.10. The minimum absolute atomic E-state index is 0.243. The van der Waals surface area contributed by atoms with E-state index in [1.54, 1.807) is 11.3 Å². The van der Waals surface area contributed by atoms with Crippen LogP contribution in [0.15, 0.2) is 34.2 Å². The Morgan fingerprint density at radius 1 is 1.53 bits per heavy atom. The highest BCUT2D eigenvalue weighted by Crippen LogP contribution is 2.28. The maximum Gasteiger partial charge on any atom is 0.0943 e. The first kappa shape index (κ1) is 13.0. The van der Waals surface area contributed by atoms with Crippen LogP contribution < -0.4 is 5.32 Å². The van der Waals surface area contributed by atoms with E-state index in [1.165, 1.54) is 5.56 Å².